The molecule has 0 radical (unpaired) electrons. The monoisotopic (exact) mass is 348 g/mol. The van der Waals surface area contributed by atoms with Gasteiger partial charge in [-0.3, -0.25) is 9.69 Å². The summed E-state index contributed by atoms with van der Waals surface area (Å²) < 4.78 is 4.95. The number of benzene rings is 1. The molecule has 7 nitrogen and oxygen atoms in total. The predicted molar refractivity (Wildman–Crippen MR) is 97.7 cm³/mol. The van der Waals surface area contributed by atoms with Gasteiger partial charge in [0.2, 0.25) is 5.91 Å². The van der Waals surface area contributed by atoms with Gasteiger partial charge in [0.05, 0.1) is 6.54 Å². The molecule has 138 valence electrons. The number of hydrogen-bond donors (Lipinski definition) is 2. The normalized spacial score (nSPS) is 15.0. The molecule has 1 aliphatic heterocycles. The van der Waals surface area contributed by atoms with Crippen LogP contribution < -0.4 is 10.6 Å². The van der Waals surface area contributed by atoms with E-state index in [0.29, 0.717) is 45.9 Å². The molecule has 0 spiro atoms. The molecule has 0 aliphatic carbocycles. The number of anilines is 1. The van der Waals surface area contributed by atoms with Crippen LogP contribution in [0.15, 0.2) is 24.3 Å². The maximum Gasteiger partial charge on any atom is 0.321 e. The molecular formula is C18H28N4O3. The van der Waals surface area contributed by atoms with E-state index in [1.807, 2.05) is 31.2 Å². The van der Waals surface area contributed by atoms with E-state index >= 15 is 0 Å². The van der Waals surface area contributed by atoms with Crippen molar-refractivity contribution in [2.24, 2.45) is 0 Å². The van der Waals surface area contributed by atoms with Crippen LogP contribution in [0.2, 0.25) is 0 Å². The van der Waals surface area contributed by atoms with Crippen LogP contribution in [0.5, 0.6) is 0 Å². The van der Waals surface area contributed by atoms with Gasteiger partial charge in [-0.1, -0.05) is 17.7 Å². The lowest BCUT2D eigenvalue weighted by Crippen LogP contribution is -2.52. The lowest BCUT2D eigenvalue weighted by molar-refractivity contribution is -0.122. The number of piperazine rings is 1. The molecular weight excluding hydrogens is 320 g/mol. The first-order valence-electron chi connectivity index (χ1n) is 8.69. The molecule has 0 unspecified atom stereocenters. The average molecular weight is 348 g/mol. The lowest BCUT2D eigenvalue weighted by atomic mass is 10.2. The smallest absolute Gasteiger partial charge is 0.321 e. The van der Waals surface area contributed by atoms with Crippen LogP contribution in [0, 0.1) is 6.92 Å². The number of nitrogens with zero attached hydrogens (tertiary/aromatic N) is 2. The van der Waals surface area contributed by atoms with E-state index in [1.54, 1.807) is 12.0 Å². The second-order valence-corrected chi connectivity index (χ2v) is 6.26. The SMILES string of the molecule is COCCCNC(=O)CN1CCN(C(=O)Nc2ccc(C)cc2)CC1. The number of aryl methyl sites for hydroxylation is 1. The summed E-state index contributed by atoms with van der Waals surface area (Å²) in [6, 6.07) is 7.65. The van der Waals surface area contributed by atoms with Crippen LogP contribution >= 0.6 is 0 Å². The second kappa shape index (κ2) is 10.0. The van der Waals surface area contributed by atoms with Crippen molar-refractivity contribution >= 4 is 17.6 Å². The Labute approximate surface area is 149 Å². The summed E-state index contributed by atoms with van der Waals surface area (Å²) in [5.41, 5.74) is 1.96. The fourth-order valence-corrected chi connectivity index (χ4v) is 2.65. The summed E-state index contributed by atoms with van der Waals surface area (Å²) >= 11 is 0. The molecule has 1 heterocycles. The number of carbonyl (C=O) groups excluding carboxylic acids is 2. The highest BCUT2D eigenvalue weighted by molar-refractivity contribution is 5.89. The van der Waals surface area contributed by atoms with E-state index < -0.39 is 0 Å². The Bertz CT molecular complexity index is 554. The van der Waals surface area contributed by atoms with Crippen molar-refractivity contribution < 1.29 is 14.3 Å². The number of amides is 3. The molecule has 7 heteroatoms. The number of nitrogens with one attached hydrogen (secondary N) is 2. The minimum atomic E-state index is -0.0903. The van der Waals surface area contributed by atoms with E-state index in [0.717, 1.165) is 17.7 Å². The zero-order valence-corrected chi connectivity index (χ0v) is 15.1. The van der Waals surface area contributed by atoms with Crippen LogP contribution in [0.1, 0.15) is 12.0 Å². The maximum absolute atomic E-state index is 12.3. The van der Waals surface area contributed by atoms with Crippen molar-refractivity contribution in [2.45, 2.75) is 13.3 Å². The van der Waals surface area contributed by atoms with E-state index in [9.17, 15) is 9.59 Å². The fourth-order valence-electron chi connectivity index (χ4n) is 2.65. The Morgan fingerprint density at radius 2 is 1.80 bits per heavy atom. The van der Waals surface area contributed by atoms with Crippen molar-refractivity contribution in [3.05, 3.63) is 29.8 Å². The van der Waals surface area contributed by atoms with Gasteiger partial charge >= 0.3 is 6.03 Å². The van der Waals surface area contributed by atoms with Crippen molar-refractivity contribution in [2.75, 3.05) is 58.3 Å². The molecule has 0 bridgehead atoms. The van der Waals surface area contributed by atoms with Crippen LogP contribution in [0.4, 0.5) is 10.5 Å². The summed E-state index contributed by atoms with van der Waals surface area (Å²) in [4.78, 5) is 28.0. The molecule has 1 aliphatic rings. The zero-order chi connectivity index (χ0) is 18.1. The molecule has 0 atom stereocenters. The first kappa shape index (κ1) is 19.2. The van der Waals surface area contributed by atoms with Gasteiger partial charge in [0.15, 0.2) is 0 Å². The van der Waals surface area contributed by atoms with Crippen molar-refractivity contribution in [1.82, 2.24) is 15.1 Å². The summed E-state index contributed by atoms with van der Waals surface area (Å²) in [6.45, 7) is 6.31. The van der Waals surface area contributed by atoms with Crippen LogP contribution in [0.3, 0.4) is 0 Å². The lowest BCUT2D eigenvalue weighted by Gasteiger charge is -2.34. The summed E-state index contributed by atoms with van der Waals surface area (Å²) in [5, 5.41) is 5.79. The molecule has 2 N–H and O–H groups in total. The Kier molecular flexibility index (Phi) is 7.69. The minimum absolute atomic E-state index is 0.0219. The van der Waals surface area contributed by atoms with Gasteiger partial charge in [-0.15, -0.1) is 0 Å². The van der Waals surface area contributed by atoms with Crippen molar-refractivity contribution in [3.63, 3.8) is 0 Å². The number of methoxy groups -OCH3 is 1. The molecule has 2 rings (SSSR count). The number of ether oxygens (including phenoxy) is 1. The third kappa shape index (κ3) is 6.72. The fraction of sp³-hybridized carbons (Fsp3) is 0.556. The maximum atomic E-state index is 12.3. The molecule has 3 amide bonds. The Balaban J connectivity index is 1.67. The number of urea groups is 1. The standard InChI is InChI=1S/C18H28N4O3/c1-15-4-6-16(7-5-15)20-18(24)22-11-9-21(10-12-22)14-17(23)19-8-3-13-25-2/h4-7H,3,8-14H2,1-2H3,(H,19,23)(H,20,24). The molecule has 25 heavy (non-hydrogen) atoms. The summed E-state index contributed by atoms with van der Waals surface area (Å²) in [5.74, 6) is 0.0219. The highest BCUT2D eigenvalue weighted by Crippen LogP contribution is 2.10. The average Bonchev–Trinajstić information content (AvgIpc) is 2.61. The quantitative estimate of drug-likeness (QED) is 0.729. The van der Waals surface area contributed by atoms with Gasteiger partial charge in [-0.25, -0.2) is 4.79 Å². The van der Waals surface area contributed by atoms with Crippen molar-refractivity contribution in [3.8, 4) is 0 Å². The van der Waals surface area contributed by atoms with E-state index in [4.69, 9.17) is 4.74 Å². The van der Waals surface area contributed by atoms with E-state index in [1.165, 1.54) is 0 Å². The van der Waals surface area contributed by atoms with Gasteiger partial charge in [-0.2, -0.15) is 0 Å². The molecule has 1 aromatic carbocycles. The third-order valence-electron chi connectivity index (χ3n) is 4.18. The van der Waals surface area contributed by atoms with E-state index in [2.05, 4.69) is 15.5 Å². The first-order chi connectivity index (χ1) is 12.1. The largest absolute Gasteiger partial charge is 0.385 e. The van der Waals surface area contributed by atoms with E-state index in [-0.39, 0.29) is 11.9 Å². The summed E-state index contributed by atoms with van der Waals surface area (Å²) in [6.07, 6.45) is 0.815. The molecule has 1 fully saturated rings. The second-order valence-electron chi connectivity index (χ2n) is 6.26. The zero-order valence-electron chi connectivity index (χ0n) is 15.1. The topological polar surface area (TPSA) is 73.9 Å². The number of rotatable bonds is 7. The van der Waals surface area contributed by atoms with Gasteiger partial charge < -0.3 is 20.3 Å². The predicted octanol–water partition coefficient (Wildman–Crippen LogP) is 1.30. The molecule has 1 aromatic rings. The Hall–Kier alpha value is -2.12. The van der Waals surface area contributed by atoms with Gasteiger partial charge in [0.1, 0.15) is 0 Å². The number of carbonyl (C=O) groups is 2. The third-order valence-corrected chi connectivity index (χ3v) is 4.18. The van der Waals surface area contributed by atoms with Gasteiger partial charge in [0.25, 0.3) is 0 Å². The molecule has 1 saturated heterocycles. The van der Waals surface area contributed by atoms with Crippen LogP contribution in [-0.4, -0.2) is 74.7 Å². The molecule has 0 saturated carbocycles. The van der Waals surface area contributed by atoms with Gasteiger partial charge in [-0.05, 0) is 25.5 Å². The Morgan fingerprint density at radius 3 is 2.44 bits per heavy atom. The minimum Gasteiger partial charge on any atom is -0.385 e. The van der Waals surface area contributed by atoms with Crippen LogP contribution in [-0.2, 0) is 9.53 Å². The summed E-state index contributed by atoms with van der Waals surface area (Å²) in [7, 11) is 1.65. The highest BCUT2D eigenvalue weighted by Gasteiger charge is 2.22. The Morgan fingerprint density at radius 1 is 1.12 bits per heavy atom. The number of hydrogen-bond acceptors (Lipinski definition) is 4. The molecule has 0 aromatic heterocycles. The highest BCUT2D eigenvalue weighted by atomic mass is 16.5. The van der Waals surface area contributed by atoms with Gasteiger partial charge in [0, 0.05) is 52.1 Å². The van der Waals surface area contributed by atoms with Crippen molar-refractivity contribution in [1.29, 1.82) is 0 Å². The first-order valence-corrected chi connectivity index (χ1v) is 8.69. The van der Waals surface area contributed by atoms with Crippen LogP contribution in [0.25, 0.3) is 0 Å².